The van der Waals surface area contributed by atoms with E-state index in [1.807, 2.05) is 18.2 Å². The third-order valence-electron chi connectivity index (χ3n) is 5.46. The first-order chi connectivity index (χ1) is 12.6. The minimum Gasteiger partial charge on any atom is -0.366 e. The Kier molecular flexibility index (Phi) is 4.47. The predicted octanol–water partition coefficient (Wildman–Crippen LogP) is 1.99. The Hall–Kier alpha value is -2.66. The van der Waals surface area contributed by atoms with Gasteiger partial charge in [0.1, 0.15) is 0 Å². The molecule has 5 nitrogen and oxygen atoms in total. The number of fused-ring (bicyclic) bond motifs is 2. The summed E-state index contributed by atoms with van der Waals surface area (Å²) in [6, 6.07) is 13.7. The fraction of sp³-hybridized carbons (Fsp3) is 0.333. The van der Waals surface area contributed by atoms with E-state index >= 15 is 0 Å². The molecular formula is C21H23N3O2. The van der Waals surface area contributed by atoms with Gasteiger partial charge in [0, 0.05) is 12.1 Å². The zero-order valence-corrected chi connectivity index (χ0v) is 14.6. The highest BCUT2D eigenvalue weighted by Gasteiger charge is 2.28. The Morgan fingerprint density at radius 3 is 2.77 bits per heavy atom. The molecule has 2 aromatic carbocycles. The average molecular weight is 349 g/mol. The van der Waals surface area contributed by atoms with Gasteiger partial charge in [-0.05, 0) is 60.1 Å². The molecule has 2 aromatic rings. The number of hydrogen-bond donors (Lipinski definition) is 3. The predicted molar refractivity (Wildman–Crippen MR) is 99.6 cm³/mol. The molecule has 0 spiro atoms. The average Bonchev–Trinajstić information content (AvgIpc) is 2.67. The van der Waals surface area contributed by atoms with Gasteiger partial charge >= 0.3 is 0 Å². The van der Waals surface area contributed by atoms with Crippen LogP contribution in [0, 0.1) is 0 Å². The number of aryl methyl sites for hydroxylation is 1. The Morgan fingerprint density at radius 2 is 1.92 bits per heavy atom. The van der Waals surface area contributed by atoms with E-state index in [-0.39, 0.29) is 18.0 Å². The zero-order valence-electron chi connectivity index (χ0n) is 14.6. The van der Waals surface area contributed by atoms with E-state index in [1.165, 1.54) is 11.1 Å². The summed E-state index contributed by atoms with van der Waals surface area (Å²) in [6.45, 7) is 0.565. The number of nitrogens with one attached hydrogen (secondary N) is 2. The maximum atomic E-state index is 12.8. The van der Waals surface area contributed by atoms with E-state index in [1.54, 1.807) is 6.07 Å². The quantitative estimate of drug-likeness (QED) is 0.792. The first-order valence-electron chi connectivity index (χ1n) is 9.15. The number of carbonyl (C=O) groups excluding carboxylic acids is 2. The van der Waals surface area contributed by atoms with E-state index < -0.39 is 5.91 Å². The van der Waals surface area contributed by atoms with Crippen molar-refractivity contribution in [3.63, 3.8) is 0 Å². The standard InChI is InChI=1S/C21H23N3O2/c22-20(25)15-9-8-14-11-19(23-12-16(14)10-15)21(26)24-18-7-3-5-13-4-1-2-6-17(13)18/h1-2,4,6,8-10,18-19,23H,3,5,7,11-12H2,(H2,22,25)(H,24,26)/t18-,19?/m1/s1. The first-order valence-corrected chi connectivity index (χ1v) is 9.15. The summed E-state index contributed by atoms with van der Waals surface area (Å²) < 4.78 is 0. The van der Waals surface area contributed by atoms with Crippen molar-refractivity contribution in [1.82, 2.24) is 10.6 Å². The van der Waals surface area contributed by atoms with E-state index in [0.717, 1.165) is 30.4 Å². The Labute approximate surface area is 153 Å². The third-order valence-corrected chi connectivity index (χ3v) is 5.46. The molecule has 2 atom stereocenters. The van der Waals surface area contributed by atoms with Crippen LogP contribution in [-0.2, 0) is 24.2 Å². The van der Waals surface area contributed by atoms with Crippen LogP contribution in [0.4, 0.5) is 0 Å². The molecular weight excluding hydrogens is 326 g/mol. The molecule has 1 heterocycles. The molecule has 4 N–H and O–H groups in total. The van der Waals surface area contributed by atoms with Crippen molar-refractivity contribution in [3.8, 4) is 0 Å². The molecule has 0 saturated heterocycles. The molecule has 0 fully saturated rings. The zero-order chi connectivity index (χ0) is 18.1. The van der Waals surface area contributed by atoms with Crippen LogP contribution in [0.1, 0.15) is 51.5 Å². The van der Waals surface area contributed by atoms with Gasteiger partial charge in [-0.2, -0.15) is 0 Å². The van der Waals surface area contributed by atoms with E-state index in [2.05, 4.69) is 28.8 Å². The van der Waals surface area contributed by atoms with Gasteiger partial charge in [-0.15, -0.1) is 0 Å². The van der Waals surface area contributed by atoms with Crippen molar-refractivity contribution < 1.29 is 9.59 Å². The van der Waals surface area contributed by atoms with Crippen molar-refractivity contribution in [2.24, 2.45) is 5.73 Å². The number of rotatable bonds is 3. The molecule has 0 bridgehead atoms. The van der Waals surface area contributed by atoms with Crippen LogP contribution in [0.5, 0.6) is 0 Å². The lowest BCUT2D eigenvalue weighted by molar-refractivity contribution is -0.124. The molecule has 1 unspecified atom stereocenters. The smallest absolute Gasteiger partial charge is 0.248 e. The molecule has 0 saturated carbocycles. The minimum atomic E-state index is -0.427. The van der Waals surface area contributed by atoms with Gasteiger partial charge in [0.15, 0.2) is 0 Å². The molecule has 26 heavy (non-hydrogen) atoms. The second kappa shape index (κ2) is 6.92. The Bertz CT molecular complexity index is 862. The lowest BCUT2D eigenvalue weighted by Gasteiger charge is -2.30. The maximum Gasteiger partial charge on any atom is 0.248 e. The lowest BCUT2D eigenvalue weighted by atomic mass is 9.87. The van der Waals surface area contributed by atoms with Gasteiger partial charge in [0.25, 0.3) is 0 Å². The molecule has 1 aliphatic heterocycles. The Balaban J connectivity index is 1.46. The Morgan fingerprint density at radius 1 is 1.08 bits per heavy atom. The second-order valence-corrected chi connectivity index (χ2v) is 7.14. The van der Waals surface area contributed by atoms with Gasteiger partial charge < -0.3 is 16.4 Å². The lowest BCUT2D eigenvalue weighted by Crippen LogP contribution is -2.48. The molecule has 5 heteroatoms. The SMILES string of the molecule is NC(=O)c1ccc2c(c1)CNC(C(=O)N[C@@H]1CCCc3ccccc31)C2. The van der Waals surface area contributed by atoms with Crippen molar-refractivity contribution in [1.29, 1.82) is 0 Å². The van der Waals surface area contributed by atoms with Crippen molar-refractivity contribution >= 4 is 11.8 Å². The van der Waals surface area contributed by atoms with Crippen LogP contribution in [0.25, 0.3) is 0 Å². The van der Waals surface area contributed by atoms with Crippen LogP contribution < -0.4 is 16.4 Å². The molecule has 0 radical (unpaired) electrons. The van der Waals surface area contributed by atoms with Crippen LogP contribution in [0.2, 0.25) is 0 Å². The third kappa shape index (κ3) is 3.22. The molecule has 134 valence electrons. The van der Waals surface area contributed by atoms with E-state index in [0.29, 0.717) is 18.5 Å². The summed E-state index contributed by atoms with van der Waals surface area (Å²) in [5.74, 6) is -0.389. The topological polar surface area (TPSA) is 84.2 Å². The highest BCUT2D eigenvalue weighted by Crippen LogP contribution is 2.29. The summed E-state index contributed by atoms with van der Waals surface area (Å²) >= 11 is 0. The largest absolute Gasteiger partial charge is 0.366 e. The number of benzene rings is 2. The summed E-state index contributed by atoms with van der Waals surface area (Å²) in [4.78, 5) is 24.1. The summed E-state index contributed by atoms with van der Waals surface area (Å²) in [7, 11) is 0. The number of nitrogens with two attached hydrogens (primary N) is 1. The fourth-order valence-corrected chi connectivity index (χ4v) is 4.03. The van der Waals surface area contributed by atoms with Gasteiger partial charge in [0.2, 0.25) is 11.8 Å². The fourth-order valence-electron chi connectivity index (χ4n) is 4.03. The van der Waals surface area contributed by atoms with E-state index in [4.69, 9.17) is 5.73 Å². The molecule has 0 aromatic heterocycles. The van der Waals surface area contributed by atoms with Crippen LogP contribution >= 0.6 is 0 Å². The normalized spacial score (nSPS) is 21.4. The number of primary amides is 1. The van der Waals surface area contributed by atoms with E-state index in [9.17, 15) is 9.59 Å². The number of amides is 2. The highest BCUT2D eigenvalue weighted by molar-refractivity contribution is 5.93. The second-order valence-electron chi connectivity index (χ2n) is 7.14. The minimum absolute atomic E-state index is 0.0383. The van der Waals surface area contributed by atoms with Gasteiger partial charge in [-0.1, -0.05) is 30.3 Å². The molecule has 2 amide bonds. The number of carbonyl (C=O) groups is 2. The number of hydrogen-bond acceptors (Lipinski definition) is 3. The van der Waals surface area contributed by atoms with Crippen LogP contribution in [0.15, 0.2) is 42.5 Å². The molecule has 4 rings (SSSR count). The van der Waals surface area contributed by atoms with Crippen LogP contribution in [-0.4, -0.2) is 17.9 Å². The van der Waals surface area contributed by atoms with Crippen molar-refractivity contribution in [2.45, 2.75) is 44.3 Å². The highest BCUT2D eigenvalue weighted by atomic mass is 16.2. The monoisotopic (exact) mass is 349 g/mol. The van der Waals surface area contributed by atoms with Gasteiger partial charge in [0.05, 0.1) is 12.1 Å². The van der Waals surface area contributed by atoms with Crippen molar-refractivity contribution in [3.05, 3.63) is 70.3 Å². The van der Waals surface area contributed by atoms with Gasteiger partial charge in [-0.25, -0.2) is 0 Å². The summed E-state index contributed by atoms with van der Waals surface area (Å²) in [6.07, 6.45) is 3.78. The van der Waals surface area contributed by atoms with Crippen LogP contribution in [0.3, 0.4) is 0 Å². The summed E-state index contributed by atoms with van der Waals surface area (Å²) in [5.41, 5.74) is 10.6. The molecule has 2 aliphatic rings. The first kappa shape index (κ1) is 16.8. The van der Waals surface area contributed by atoms with Gasteiger partial charge in [-0.3, -0.25) is 9.59 Å². The maximum absolute atomic E-state index is 12.8. The molecule has 1 aliphatic carbocycles. The summed E-state index contributed by atoms with van der Waals surface area (Å²) in [5, 5.41) is 6.52. The van der Waals surface area contributed by atoms with Crippen molar-refractivity contribution in [2.75, 3.05) is 0 Å².